The molecule has 4 rings (SSSR count). The molecule has 0 radical (unpaired) electrons. The van der Waals surface area contributed by atoms with Crippen LogP contribution < -0.4 is 0 Å². The third-order valence-corrected chi connectivity index (χ3v) is 13.1. The summed E-state index contributed by atoms with van der Waals surface area (Å²) in [6.07, 6.45) is 4.03. The lowest BCUT2D eigenvalue weighted by Gasteiger charge is -2.54. The Labute approximate surface area is 387 Å². The fraction of sp³-hybridized carbons (Fsp3) is 0.673. The van der Waals surface area contributed by atoms with Crippen LogP contribution in [-0.2, 0) is 61.9 Å². The van der Waals surface area contributed by atoms with Gasteiger partial charge in [0.05, 0.1) is 74.5 Å². The number of aliphatic hydroxyl groups excluding tert-OH is 2. The van der Waals surface area contributed by atoms with E-state index in [4.69, 9.17) is 33.2 Å². The number of aliphatic hydroxyl groups is 4. The predicted octanol–water partition coefficient (Wildman–Crippen LogP) is 4.37. The third-order valence-electron chi connectivity index (χ3n) is 13.1. The van der Waals surface area contributed by atoms with Gasteiger partial charge in [0.2, 0.25) is 0 Å². The molecule has 17 nitrogen and oxygen atoms in total. The van der Waals surface area contributed by atoms with Gasteiger partial charge in [0.1, 0.15) is 18.5 Å². The monoisotopic (exact) mass is 930 g/mol. The van der Waals surface area contributed by atoms with Gasteiger partial charge in [-0.1, -0.05) is 82.6 Å². The molecule has 0 aromatic rings. The number of carbonyl (C=O) groups is 6. The first-order valence-electron chi connectivity index (χ1n) is 22.7. The number of aldehydes is 1. The quantitative estimate of drug-likeness (QED) is 0.0427. The fourth-order valence-electron chi connectivity index (χ4n) is 9.28. The molecule has 0 aliphatic carbocycles. The van der Waals surface area contributed by atoms with Crippen molar-refractivity contribution in [1.82, 2.24) is 0 Å². The molecule has 6 bridgehead atoms. The molecule has 4 aliphatic heterocycles. The smallest absolute Gasteiger partial charge is 0.330 e. The van der Waals surface area contributed by atoms with Gasteiger partial charge in [0, 0.05) is 50.2 Å². The summed E-state index contributed by atoms with van der Waals surface area (Å²) in [7, 11) is 2.38. The number of hydrogen-bond donors (Lipinski definition) is 4. The number of ether oxygens (including phenoxy) is 7. The molecular weight excluding hydrogens is 861 g/mol. The third kappa shape index (κ3) is 13.4. The van der Waals surface area contributed by atoms with Crippen LogP contribution in [-0.4, -0.2) is 131 Å². The van der Waals surface area contributed by atoms with E-state index in [-0.39, 0.29) is 50.5 Å². The van der Waals surface area contributed by atoms with Gasteiger partial charge in [-0.25, -0.2) is 9.59 Å². The maximum absolute atomic E-state index is 14.0. The lowest BCUT2D eigenvalue weighted by molar-refractivity contribution is -0.348. The molecule has 4 aliphatic rings. The van der Waals surface area contributed by atoms with Gasteiger partial charge in [-0.3, -0.25) is 14.4 Å². The number of hydrogen-bond acceptors (Lipinski definition) is 17. The van der Waals surface area contributed by atoms with Crippen LogP contribution in [0.1, 0.15) is 113 Å². The van der Waals surface area contributed by atoms with Gasteiger partial charge in [0.15, 0.2) is 17.4 Å². The van der Waals surface area contributed by atoms with Crippen molar-refractivity contribution in [3.63, 3.8) is 0 Å². The average Bonchev–Trinajstić information content (AvgIpc) is 3.22. The van der Waals surface area contributed by atoms with E-state index in [1.54, 1.807) is 45.9 Å². The first kappa shape index (κ1) is 54.2. The highest BCUT2D eigenvalue weighted by molar-refractivity contribution is 6.02. The van der Waals surface area contributed by atoms with Gasteiger partial charge in [-0.2, -0.15) is 0 Å². The molecule has 1 unspecified atom stereocenters. The molecule has 0 aromatic carbocycles. The number of cyclic esters (lactones) is 1. The van der Waals surface area contributed by atoms with E-state index in [2.05, 4.69) is 0 Å². The molecule has 4 N–H and O–H groups in total. The number of unbranched alkanes of at least 4 members (excludes halogenated alkanes) is 1. The number of carbonyl (C=O) groups excluding carboxylic acids is 6. The van der Waals surface area contributed by atoms with E-state index >= 15 is 0 Å². The summed E-state index contributed by atoms with van der Waals surface area (Å²) in [6.45, 7) is 11.1. The first-order valence-corrected chi connectivity index (χ1v) is 22.7. The van der Waals surface area contributed by atoms with Crippen molar-refractivity contribution in [2.24, 2.45) is 22.7 Å². The molecule has 3 saturated heterocycles. The van der Waals surface area contributed by atoms with Crippen molar-refractivity contribution in [1.29, 1.82) is 0 Å². The van der Waals surface area contributed by atoms with Gasteiger partial charge < -0.3 is 58.4 Å². The van der Waals surface area contributed by atoms with Crippen molar-refractivity contribution in [2.45, 2.75) is 173 Å². The summed E-state index contributed by atoms with van der Waals surface area (Å²) in [6, 6.07) is 0. The Hall–Kier alpha value is -4.36. The van der Waals surface area contributed by atoms with E-state index in [9.17, 15) is 49.2 Å². The number of methoxy groups -OCH3 is 2. The fourth-order valence-corrected chi connectivity index (χ4v) is 9.28. The minimum absolute atomic E-state index is 0.0595. The molecule has 0 spiro atoms. The highest BCUT2D eigenvalue weighted by Crippen LogP contribution is 2.52. The Morgan fingerprint density at radius 3 is 2.21 bits per heavy atom. The average molecular weight is 931 g/mol. The maximum Gasteiger partial charge on any atom is 0.330 e. The second-order valence-corrected chi connectivity index (χ2v) is 19.0. The van der Waals surface area contributed by atoms with Crippen molar-refractivity contribution in [2.75, 3.05) is 14.2 Å². The Kier molecular flexibility index (Phi) is 19.0. The lowest BCUT2D eigenvalue weighted by atomic mass is 9.64. The summed E-state index contributed by atoms with van der Waals surface area (Å²) in [5.41, 5.74) is -2.14. The Morgan fingerprint density at radius 1 is 0.909 bits per heavy atom. The molecule has 0 aromatic heterocycles. The normalized spacial score (nSPS) is 35.6. The number of ketones is 1. The summed E-state index contributed by atoms with van der Waals surface area (Å²) < 4.78 is 40.9. The topological polar surface area (TPSA) is 248 Å². The van der Waals surface area contributed by atoms with Crippen molar-refractivity contribution >= 4 is 35.9 Å². The van der Waals surface area contributed by atoms with Gasteiger partial charge >= 0.3 is 23.9 Å². The standard InChI is InChI=1S/C49H70O17/c1-10-11-12-13-14-15-39(54)38(28-50)45-32(22-43(56)61-9)21-35-25-40(29(2)51)64-44(57)24-33(53)23-36-26-41(62-30(3)52)47(6,7)48(58,65-36)27-37-19-31(20-42(55)60-8)18-34(63-37)16-17-46(4,5)49(45,59)66-35/h12-17,20,22,28-29,33-38,40-41,45,51,53,58-59H,10-11,18-19,21,23-27H2,1-9H3/b13-12+,15-14+,17-16+,31-20-,32-22+/t29-,33-,34+,35+,36-,37+,38+,40-,41+,45?,48+,49-/m1/s1. The van der Waals surface area contributed by atoms with Gasteiger partial charge in [-0.05, 0) is 38.7 Å². The zero-order valence-electron chi connectivity index (χ0n) is 39.6. The molecule has 3 fully saturated rings. The van der Waals surface area contributed by atoms with E-state index in [0.29, 0.717) is 11.9 Å². The largest absolute Gasteiger partial charge is 0.466 e. The molecule has 4 heterocycles. The minimum atomic E-state index is -2.50. The minimum Gasteiger partial charge on any atom is -0.466 e. The van der Waals surface area contributed by atoms with Gasteiger partial charge in [-0.15, -0.1) is 0 Å². The second kappa shape index (κ2) is 23.1. The Morgan fingerprint density at radius 2 is 1.59 bits per heavy atom. The number of esters is 4. The van der Waals surface area contributed by atoms with Crippen LogP contribution in [0.15, 0.2) is 59.8 Å². The zero-order valence-corrected chi connectivity index (χ0v) is 39.6. The zero-order chi connectivity index (χ0) is 49.2. The van der Waals surface area contributed by atoms with Crippen molar-refractivity contribution in [3.05, 3.63) is 59.8 Å². The van der Waals surface area contributed by atoms with E-state index in [0.717, 1.165) is 26.0 Å². The van der Waals surface area contributed by atoms with E-state index < -0.39 is 119 Å². The maximum atomic E-state index is 14.0. The highest BCUT2D eigenvalue weighted by Gasteiger charge is 2.60. The van der Waals surface area contributed by atoms with Crippen molar-refractivity contribution < 1.29 is 82.4 Å². The van der Waals surface area contributed by atoms with Crippen LogP contribution >= 0.6 is 0 Å². The molecule has 66 heavy (non-hydrogen) atoms. The molecular formula is C49H70O17. The second-order valence-electron chi connectivity index (χ2n) is 19.0. The van der Waals surface area contributed by atoms with Crippen LogP contribution in [0.5, 0.6) is 0 Å². The molecule has 368 valence electrons. The number of allylic oxidation sites excluding steroid dienone is 4. The molecule has 0 saturated carbocycles. The Bertz CT molecular complexity index is 1910. The number of fused-ring (bicyclic) bond motifs is 6. The van der Waals surface area contributed by atoms with Gasteiger partial charge in [0.25, 0.3) is 0 Å². The summed E-state index contributed by atoms with van der Waals surface area (Å²) in [5, 5.41) is 47.9. The summed E-state index contributed by atoms with van der Waals surface area (Å²) in [5.74, 6) is -11.4. The highest BCUT2D eigenvalue weighted by atomic mass is 16.7. The Balaban J connectivity index is 1.94. The van der Waals surface area contributed by atoms with E-state index in [1.165, 1.54) is 39.2 Å². The summed E-state index contributed by atoms with van der Waals surface area (Å²) in [4.78, 5) is 78.6. The molecule has 0 amide bonds. The van der Waals surface area contributed by atoms with Crippen LogP contribution in [0.4, 0.5) is 0 Å². The van der Waals surface area contributed by atoms with E-state index in [1.807, 2.05) is 13.0 Å². The SMILES string of the molecule is CCC/C=C/C=C/C(=O)[C@H](C=O)C1/C(=C/C(=O)OC)C[C@H]2C[C@H]([C@@H](C)O)OC(=O)C[C@H](O)C[C@@H]3C[C@H](OC(C)=O)C(C)(C)[C@](O)(C[C@@H]4C/C(=C\C(=O)OC)C[C@H](/C=C/C(C)(C)[C@]1(O)O2)O4)O3. The van der Waals surface area contributed by atoms with Crippen LogP contribution in [0.25, 0.3) is 0 Å². The number of rotatable bonds is 11. The predicted molar refractivity (Wildman–Crippen MR) is 237 cm³/mol. The molecule has 12 atom stereocenters. The van der Waals surface area contributed by atoms with Crippen LogP contribution in [0, 0.1) is 22.7 Å². The first-order chi connectivity index (χ1) is 30.9. The summed E-state index contributed by atoms with van der Waals surface area (Å²) >= 11 is 0. The molecule has 17 heteroatoms. The van der Waals surface area contributed by atoms with Crippen LogP contribution in [0.2, 0.25) is 0 Å². The van der Waals surface area contributed by atoms with Crippen LogP contribution in [0.3, 0.4) is 0 Å². The van der Waals surface area contributed by atoms with Crippen molar-refractivity contribution in [3.8, 4) is 0 Å². The lowest BCUT2D eigenvalue weighted by Crippen LogP contribution is -2.62.